The summed E-state index contributed by atoms with van der Waals surface area (Å²) in [6.07, 6.45) is 7.96. The van der Waals surface area contributed by atoms with E-state index >= 15 is 0 Å². The molecule has 1 unspecified atom stereocenters. The minimum absolute atomic E-state index is 0.0302. The third-order valence-corrected chi connectivity index (χ3v) is 6.50. The number of aromatic nitrogens is 6. The Kier molecular flexibility index (Phi) is 5.61. The van der Waals surface area contributed by atoms with Crippen LogP contribution in [0, 0.1) is 0 Å². The van der Waals surface area contributed by atoms with E-state index in [-0.39, 0.29) is 11.9 Å². The van der Waals surface area contributed by atoms with Crippen molar-refractivity contribution < 1.29 is 4.79 Å². The summed E-state index contributed by atoms with van der Waals surface area (Å²) < 4.78 is 3.94. The summed E-state index contributed by atoms with van der Waals surface area (Å²) in [7, 11) is 0. The van der Waals surface area contributed by atoms with Gasteiger partial charge in [-0.2, -0.15) is 0 Å². The second kappa shape index (κ2) is 9.22. The molecule has 1 amide bonds. The number of imidazole rings is 1. The lowest BCUT2D eigenvalue weighted by molar-refractivity contribution is 0.102. The number of nitrogens with one attached hydrogen (secondary N) is 1. The van der Waals surface area contributed by atoms with E-state index in [1.165, 1.54) is 12.8 Å². The molecule has 2 aromatic carbocycles. The van der Waals surface area contributed by atoms with E-state index < -0.39 is 0 Å². The second-order valence-corrected chi connectivity index (χ2v) is 9.04. The molecule has 1 atom stereocenters. The van der Waals surface area contributed by atoms with E-state index in [2.05, 4.69) is 44.5 Å². The number of carbonyl (C=O) groups excluding carboxylic acids is 1. The van der Waals surface area contributed by atoms with Crippen LogP contribution in [0.25, 0.3) is 17.2 Å². The molecule has 178 valence electrons. The van der Waals surface area contributed by atoms with Gasteiger partial charge in [-0.15, -0.1) is 10.2 Å². The molecule has 3 aromatic heterocycles. The second-order valence-electron chi connectivity index (χ2n) is 9.04. The minimum atomic E-state index is -0.233. The number of rotatable bonds is 7. The van der Waals surface area contributed by atoms with Crippen LogP contribution in [0.15, 0.2) is 91.6 Å². The first kappa shape index (κ1) is 21.9. The first-order chi connectivity index (χ1) is 17.7. The highest BCUT2D eigenvalue weighted by atomic mass is 16.1. The van der Waals surface area contributed by atoms with Crippen LogP contribution in [-0.2, 0) is 0 Å². The van der Waals surface area contributed by atoms with E-state index in [0.29, 0.717) is 28.8 Å². The van der Waals surface area contributed by atoms with Gasteiger partial charge in [-0.25, -0.2) is 9.97 Å². The largest absolute Gasteiger partial charge is 0.307 e. The van der Waals surface area contributed by atoms with Gasteiger partial charge in [0.15, 0.2) is 5.82 Å². The molecule has 1 N–H and O–H groups in total. The Bertz CT molecular complexity index is 1520. The van der Waals surface area contributed by atoms with Gasteiger partial charge < -0.3 is 14.5 Å². The quantitative estimate of drug-likeness (QED) is 0.347. The highest BCUT2D eigenvalue weighted by Crippen LogP contribution is 2.39. The molecular weight excluding hydrogens is 450 g/mol. The van der Waals surface area contributed by atoms with E-state index in [1.807, 2.05) is 70.2 Å². The van der Waals surface area contributed by atoms with Gasteiger partial charge in [-0.3, -0.25) is 4.79 Å². The smallest absolute Gasteiger partial charge is 0.256 e. The number of benzene rings is 2. The predicted octanol–water partition coefficient (Wildman–Crippen LogP) is 5.26. The fraction of sp³-hybridized carbons (Fsp3) is 0.179. The van der Waals surface area contributed by atoms with Crippen molar-refractivity contribution in [2.75, 3.05) is 5.32 Å². The number of nitrogens with zero attached hydrogens (tertiary/aromatic N) is 6. The van der Waals surface area contributed by atoms with Crippen LogP contribution in [-0.4, -0.2) is 35.2 Å². The van der Waals surface area contributed by atoms with E-state index in [4.69, 9.17) is 0 Å². The van der Waals surface area contributed by atoms with Crippen molar-refractivity contribution in [3.05, 3.63) is 108 Å². The molecule has 1 fully saturated rings. The molecule has 5 aromatic rings. The van der Waals surface area contributed by atoms with Crippen molar-refractivity contribution in [3.63, 3.8) is 0 Å². The summed E-state index contributed by atoms with van der Waals surface area (Å²) in [5.74, 6) is 1.43. The zero-order valence-electron chi connectivity index (χ0n) is 19.8. The summed E-state index contributed by atoms with van der Waals surface area (Å²) in [5.41, 5.74) is 4.33. The van der Waals surface area contributed by atoms with Crippen LogP contribution in [0.1, 0.15) is 53.3 Å². The van der Waals surface area contributed by atoms with Crippen molar-refractivity contribution in [1.82, 2.24) is 29.3 Å². The first-order valence-electron chi connectivity index (χ1n) is 12.0. The summed E-state index contributed by atoms with van der Waals surface area (Å²) in [4.78, 5) is 22.2. The molecule has 0 spiro atoms. The molecule has 1 saturated carbocycles. The van der Waals surface area contributed by atoms with Crippen molar-refractivity contribution in [3.8, 4) is 17.2 Å². The molecule has 1 aliphatic carbocycles. The number of amides is 1. The van der Waals surface area contributed by atoms with Crippen molar-refractivity contribution in [1.29, 1.82) is 0 Å². The van der Waals surface area contributed by atoms with Crippen molar-refractivity contribution in [2.45, 2.75) is 31.7 Å². The maximum atomic E-state index is 13.1. The SMILES string of the molecule is CC(c1ccccc1)n1cnnc1-c1cccc(NC(=O)c2cccc(-n3cnc(C4CC4)c3)c2)n1. The first-order valence-corrected chi connectivity index (χ1v) is 12.0. The van der Waals surface area contributed by atoms with Crippen molar-refractivity contribution >= 4 is 11.7 Å². The molecule has 0 saturated heterocycles. The topological polar surface area (TPSA) is 90.5 Å². The Balaban J connectivity index is 1.22. The number of anilines is 1. The molecule has 1 aliphatic rings. The van der Waals surface area contributed by atoms with E-state index in [0.717, 1.165) is 16.9 Å². The number of hydrogen-bond acceptors (Lipinski definition) is 5. The van der Waals surface area contributed by atoms with Crippen LogP contribution < -0.4 is 5.32 Å². The van der Waals surface area contributed by atoms with Crippen LogP contribution in [0.2, 0.25) is 0 Å². The molecule has 0 bridgehead atoms. The van der Waals surface area contributed by atoms with Gasteiger partial charge in [0.2, 0.25) is 0 Å². The normalized spacial score (nSPS) is 13.9. The van der Waals surface area contributed by atoms with Crippen LogP contribution in [0.5, 0.6) is 0 Å². The average Bonchev–Trinajstić information content (AvgIpc) is 3.44. The molecule has 36 heavy (non-hydrogen) atoms. The Hall–Kier alpha value is -4.59. The van der Waals surface area contributed by atoms with Crippen molar-refractivity contribution in [2.24, 2.45) is 0 Å². The van der Waals surface area contributed by atoms with Crippen LogP contribution in [0.3, 0.4) is 0 Å². The van der Waals surface area contributed by atoms with Crippen LogP contribution in [0.4, 0.5) is 5.82 Å². The fourth-order valence-corrected chi connectivity index (χ4v) is 4.30. The average molecular weight is 476 g/mol. The third kappa shape index (κ3) is 4.40. The Morgan fingerprint density at radius 3 is 2.67 bits per heavy atom. The molecule has 6 rings (SSSR count). The standard InChI is InChI=1S/C28H25N7O/c1-19(20-7-3-2-4-8-20)35-18-30-33-27(35)24-11-6-12-26(31-24)32-28(36)22-9-5-10-23(15-22)34-16-25(29-17-34)21-13-14-21/h2-12,15-19,21H,13-14H2,1H3,(H,31,32,36). The Morgan fingerprint density at radius 2 is 1.83 bits per heavy atom. The minimum Gasteiger partial charge on any atom is -0.307 e. The Labute approximate surface area is 208 Å². The van der Waals surface area contributed by atoms with Crippen LogP contribution >= 0.6 is 0 Å². The van der Waals surface area contributed by atoms with E-state index in [9.17, 15) is 4.79 Å². The zero-order valence-corrected chi connectivity index (χ0v) is 19.8. The molecule has 8 heteroatoms. The van der Waals surface area contributed by atoms with Gasteiger partial charge in [-0.1, -0.05) is 42.5 Å². The number of hydrogen-bond donors (Lipinski definition) is 1. The summed E-state index contributed by atoms with van der Waals surface area (Å²) in [6, 6.07) is 23.2. The lowest BCUT2D eigenvalue weighted by atomic mass is 10.1. The summed E-state index contributed by atoms with van der Waals surface area (Å²) >= 11 is 0. The maximum Gasteiger partial charge on any atom is 0.256 e. The highest BCUT2D eigenvalue weighted by Gasteiger charge is 2.26. The van der Waals surface area contributed by atoms with Gasteiger partial charge in [0, 0.05) is 23.4 Å². The lowest BCUT2D eigenvalue weighted by Crippen LogP contribution is -2.14. The predicted molar refractivity (Wildman–Crippen MR) is 137 cm³/mol. The highest BCUT2D eigenvalue weighted by molar-refractivity contribution is 6.04. The van der Waals surface area contributed by atoms with Gasteiger partial charge in [0.1, 0.15) is 17.8 Å². The molecule has 3 heterocycles. The third-order valence-electron chi connectivity index (χ3n) is 6.50. The van der Waals surface area contributed by atoms with Gasteiger partial charge in [0.05, 0.1) is 18.1 Å². The van der Waals surface area contributed by atoms with Gasteiger partial charge in [-0.05, 0) is 55.7 Å². The number of carbonyl (C=O) groups is 1. The fourth-order valence-electron chi connectivity index (χ4n) is 4.30. The zero-order chi connectivity index (χ0) is 24.5. The maximum absolute atomic E-state index is 13.1. The molecule has 0 radical (unpaired) electrons. The molecule has 8 nitrogen and oxygen atoms in total. The number of pyridine rings is 1. The summed E-state index contributed by atoms with van der Waals surface area (Å²) in [6.45, 7) is 2.09. The monoisotopic (exact) mass is 475 g/mol. The molecule has 0 aliphatic heterocycles. The van der Waals surface area contributed by atoms with E-state index in [1.54, 1.807) is 18.5 Å². The van der Waals surface area contributed by atoms with Gasteiger partial charge in [0.25, 0.3) is 5.91 Å². The summed E-state index contributed by atoms with van der Waals surface area (Å²) in [5, 5.41) is 11.3. The Morgan fingerprint density at radius 1 is 1.00 bits per heavy atom. The van der Waals surface area contributed by atoms with Gasteiger partial charge >= 0.3 is 0 Å². The molecular formula is C28H25N7O. The lowest BCUT2D eigenvalue weighted by Gasteiger charge is -2.16.